The number of methoxy groups -OCH3 is 1. The molecule has 1 fully saturated rings. The summed E-state index contributed by atoms with van der Waals surface area (Å²) < 4.78 is 5.18. The Kier molecular flexibility index (Phi) is 3.64. The molecule has 0 amide bonds. The van der Waals surface area contributed by atoms with E-state index in [1.165, 1.54) is 0 Å². The van der Waals surface area contributed by atoms with Gasteiger partial charge in [0.2, 0.25) is 0 Å². The molecule has 2 N–H and O–H groups in total. The first-order chi connectivity index (χ1) is 8.20. The highest BCUT2D eigenvalue weighted by molar-refractivity contribution is 5.70. The highest BCUT2D eigenvalue weighted by atomic mass is 16.5. The summed E-state index contributed by atoms with van der Waals surface area (Å²) in [5, 5.41) is 12.2. The molecule has 1 heterocycles. The number of benzene rings is 1. The van der Waals surface area contributed by atoms with Gasteiger partial charge in [0.05, 0.1) is 13.0 Å². The highest BCUT2D eigenvalue weighted by Crippen LogP contribution is 2.27. The minimum atomic E-state index is -0.707. The van der Waals surface area contributed by atoms with E-state index < -0.39 is 5.97 Å². The third kappa shape index (κ3) is 2.77. The van der Waals surface area contributed by atoms with Crippen LogP contribution in [-0.2, 0) is 4.79 Å². The van der Waals surface area contributed by atoms with Crippen molar-refractivity contribution in [2.75, 3.05) is 13.7 Å². The first-order valence-corrected chi connectivity index (χ1v) is 5.81. The fourth-order valence-electron chi connectivity index (χ4n) is 2.21. The molecule has 0 radical (unpaired) electrons. The van der Waals surface area contributed by atoms with E-state index in [1.54, 1.807) is 7.11 Å². The maximum atomic E-state index is 10.8. The fourth-order valence-corrected chi connectivity index (χ4v) is 2.21. The van der Waals surface area contributed by atoms with Gasteiger partial charge in [0.25, 0.3) is 0 Å². The Morgan fingerprint density at radius 1 is 1.47 bits per heavy atom. The van der Waals surface area contributed by atoms with Crippen molar-refractivity contribution in [1.29, 1.82) is 0 Å². The van der Waals surface area contributed by atoms with E-state index in [0.29, 0.717) is 6.54 Å². The van der Waals surface area contributed by atoms with Crippen LogP contribution >= 0.6 is 0 Å². The lowest BCUT2D eigenvalue weighted by Crippen LogP contribution is -2.36. The molecular formula is C13H17NO3. The first kappa shape index (κ1) is 11.9. The maximum Gasteiger partial charge on any atom is 0.307 e. The molecule has 0 aliphatic carbocycles. The fraction of sp³-hybridized carbons (Fsp3) is 0.462. The Bertz CT molecular complexity index is 397. The minimum absolute atomic E-state index is 0.237. The van der Waals surface area contributed by atoms with Crippen LogP contribution in [0.15, 0.2) is 24.3 Å². The van der Waals surface area contributed by atoms with Crippen LogP contribution in [0.2, 0.25) is 0 Å². The number of aliphatic carboxylic acids is 1. The molecule has 0 spiro atoms. The van der Waals surface area contributed by atoms with Gasteiger partial charge < -0.3 is 15.2 Å². The number of carboxylic acids is 1. The van der Waals surface area contributed by atoms with Gasteiger partial charge in [-0.15, -0.1) is 0 Å². The van der Waals surface area contributed by atoms with Crippen molar-refractivity contribution in [3.8, 4) is 5.75 Å². The lowest BCUT2D eigenvalue weighted by molar-refractivity contribution is -0.142. The van der Waals surface area contributed by atoms with Crippen LogP contribution in [0.5, 0.6) is 5.75 Å². The second-order valence-electron chi connectivity index (χ2n) is 4.35. The average Bonchev–Trinajstić information content (AvgIpc) is 2.39. The summed E-state index contributed by atoms with van der Waals surface area (Å²) in [6.07, 6.45) is 1.58. The molecule has 1 aliphatic rings. The standard InChI is InChI=1S/C13H17NO3/c1-17-11-4-2-3-9(7-11)12-6-5-10(8-14-12)13(15)16/h2-4,7,10,12,14H,5-6,8H2,1H3,(H,15,16). The number of hydrogen-bond acceptors (Lipinski definition) is 3. The topological polar surface area (TPSA) is 58.6 Å². The van der Waals surface area contributed by atoms with Crippen LogP contribution < -0.4 is 10.1 Å². The molecule has 4 nitrogen and oxygen atoms in total. The SMILES string of the molecule is COc1cccc(C2CCC(C(=O)O)CN2)c1. The second kappa shape index (κ2) is 5.19. The molecule has 0 bridgehead atoms. The normalized spacial score (nSPS) is 24.3. The molecule has 2 unspecified atom stereocenters. The molecule has 0 aromatic heterocycles. The van der Waals surface area contributed by atoms with Crippen molar-refractivity contribution in [1.82, 2.24) is 5.32 Å². The predicted octanol–water partition coefficient (Wildman–Crippen LogP) is 1.82. The van der Waals surface area contributed by atoms with E-state index in [1.807, 2.05) is 24.3 Å². The highest BCUT2D eigenvalue weighted by Gasteiger charge is 2.26. The zero-order chi connectivity index (χ0) is 12.3. The van der Waals surface area contributed by atoms with E-state index in [9.17, 15) is 4.79 Å². The number of carbonyl (C=O) groups is 1. The van der Waals surface area contributed by atoms with Crippen molar-refractivity contribution >= 4 is 5.97 Å². The Hall–Kier alpha value is -1.55. The smallest absolute Gasteiger partial charge is 0.307 e. The van der Waals surface area contributed by atoms with Crippen molar-refractivity contribution in [2.24, 2.45) is 5.92 Å². The molecule has 2 rings (SSSR count). The number of nitrogens with one attached hydrogen (secondary N) is 1. The predicted molar refractivity (Wildman–Crippen MR) is 64.1 cm³/mol. The van der Waals surface area contributed by atoms with Gasteiger partial charge >= 0.3 is 5.97 Å². The van der Waals surface area contributed by atoms with Gasteiger partial charge in [0.15, 0.2) is 0 Å². The number of carboxylic acid groups (broad SMARTS) is 1. The maximum absolute atomic E-state index is 10.8. The van der Waals surface area contributed by atoms with Crippen LogP contribution in [0.25, 0.3) is 0 Å². The van der Waals surface area contributed by atoms with E-state index >= 15 is 0 Å². The molecule has 0 saturated carbocycles. The summed E-state index contributed by atoms with van der Waals surface area (Å²) in [5.41, 5.74) is 1.16. The molecule has 17 heavy (non-hydrogen) atoms. The van der Waals surface area contributed by atoms with Gasteiger partial charge in [-0.3, -0.25) is 4.79 Å². The Morgan fingerprint density at radius 3 is 2.88 bits per heavy atom. The lowest BCUT2D eigenvalue weighted by atomic mass is 9.91. The van der Waals surface area contributed by atoms with Crippen molar-refractivity contribution in [3.63, 3.8) is 0 Å². The van der Waals surface area contributed by atoms with Gasteiger partial charge in [-0.05, 0) is 30.5 Å². The summed E-state index contributed by atoms with van der Waals surface area (Å²) in [6, 6.07) is 8.15. The second-order valence-corrected chi connectivity index (χ2v) is 4.35. The molecule has 1 aromatic carbocycles. The van der Waals surface area contributed by atoms with Crippen molar-refractivity contribution < 1.29 is 14.6 Å². The molecular weight excluding hydrogens is 218 g/mol. The number of hydrogen-bond donors (Lipinski definition) is 2. The zero-order valence-corrected chi connectivity index (χ0v) is 9.85. The number of ether oxygens (including phenoxy) is 1. The van der Waals surface area contributed by atoms with Gasteiger partial charge in [-0.25, -0.2) is 0 Å². The summed E-state index contributed by atoms with van der Waals surface area (Å²) in [6.45, 7) is 0.539. The molecule has 92 valence electrons. The van der Waals surface area contributed by atoms with Crippen LogP contribution in [0.3, 0.4) is 0 Å². The third-order valence-corrected chi connectivity index (χ3v) is 3.26. The van der Waals surface area contributed by atoms with Gasteiger partial charge in [-0.2, -0.15) is 0 Å². The number of piperidine rings is 1. The zero-order valence-electron chi connectivity index (χ0n) is 9.85. The van der Waals surface area contributed by atoms with E-state index in [2.05, 4.69) is 5.32 Å². The third-order valence-electron chi connectivity index (χ3n) is 3.26. The van der Waals surface area contributed by atoms with Crippen LogP contribution in [0, 0.1) is 5.92 Å². The molecule has 4 heteroatoms. The molecule has 1 saturated heterocycles. The summed E-state index contributed by atoms with van der Waals surface area (Å²) >= 11 is 0. The Balaban J connectivity index is 2.02. The Labute approximate surface area is 101 Å². The monoisotopic (exact) mass is 235 g/mol. The van der Waals surface area contributed by atoms with Crippen LogP contribution in [-0.4, -0.2) is 24.7 Å². The van der Waals surface area contributed by atoms with Crippen LogP contribution in [0.4, 0.5) is 0 Å². The van der Waals surface area contributed by atoms with E-state index in [-0.39, 0.29) is 12.0 Å². The molecule has 1 aliphatic heterocycles. The van der Waals surface area contributed by atoms with Crippen molar-refractivity contribution in [3.05, 3.63) is 29.8 Å². The first-order valence-electron chi connectivity index (χ1n) is 5.81. The van der Waals surface area contributed by atoms with Gasteiger partial charge in [0, 0.05) is 12.6 Å². The summed E-state index contributed by atoms with van der Waals surface area (Å²) in [4.78, 5) is 10.8. The number of rotatable bonds is 3. The quantitative estimate of drug-likeness (QED) is 0.839. The lowest BCUT2D eigenvalue weighted by Gasteiger charge is -2.28. The summed E-state index contributed by atoms with van der Waals surface area (Å²) in [7, 11) is 1.65. The van der Waals surface area contributed by atoms with E-state index in [4.69, 9.17) is 9.84 Å². The van der Waals surface area contributed by atoms with E-state index in [0.717, 1.165) is 24.2 Å². The summed E-state index contributed by atoms with van der Waals surface area (Å²) in [5.74, 6) is -0.122. The average molecular weight is 235 g/mol. The Morgan fingerprint density at radius 2 is 2.29 bits per heavy atom. The minimum Gasteiger partial charge on any atom is -0.497 e. The largest absolute Gasteiger partial charge is 0.497 e. The van der Waals surface area contributed by atoms with Crippen LogP contribution in [0.1, 0.15) is 24.4 Å². The molecule has 1 aromatic rings. The molecule has 2 atom stereocenters. The van der Waals surface area contributed by atoms with Crippen molar-refractivity contribution in [2.45, 2.75) is 18.9 Å². The van der Waals surface area contributed by atoms with Gasteiger partial charge in [-0.1, -0.05) is 12.1 Å². The van der Waals surface area contributed by atoms with Gasteiger partial charge in [0.1, 0.15) is 5.75 Å².